The molecule has 0 unspecified atom stereocenters. The van der Waals surface area contributed by atoms with E-state index in [9.17, 15) is 0 Å². The average molecular weight is 331 g/mol. The summed E-state index contributed by atoms with van der Waals surface area (Å²) in [6, 6.07) is 1.99. The zero-order valence-electron chi connectivity index (χ0n) is 13.1. The maximum absolute atomic E-state index is 6.24. The normalized spacial score (nSPS) is 21.1. The fourth-order valence-corrected chi connectivity index (χ4v) is 4.28. The van der Waals surface area contributed by atoms with Crippen molar-refractivity contribution in [2.45, 2.75) is 53.0 Å². The van der Waals surface area contributed by atoms with E-state index in [1.54, 1.807) is 6.07 Å². The molecule has 0 saturated heterocycles. The lowest BCUT2D eigenvalue weighted by molar-refractivity contribution is 0.105. The highest BCUT2D eigenvalue weighted by Gasteiger charge is 2.38. The molecule has 0 aromatic carbocycles. The van der Waals surface area contributed by atoms with E-state index in [1.807, 2.05) is 0 Å². The molecule has 2 rings (SSSR count). The van der Waals surface area contributed by atoms with Crippen molar-refractivity contribution in [3.05, 3.63) is 16.1 Å². The van der Waals surface area contributed by atoms with Gasteiger partial charge in [0, 0.05) is 6.04 Å². The summed E-state index contributed by atoms with van der Waals surface area (Å²) in [5.41, 5.74) is 3.09. The summed E-state index contributed by atoms with van der Waals surface area (Å²) in [7, 11) is 0. The Morgan fingerprint density at radius 1 is 1.10 bits per heavy atom. The monoisotopic (exact) mass is 330 g/mol. The molecule has 0 radical (unpaired) electrons. The van der Waals surface area contributed by atoms with Gasteiger partial charge in [-0.25, -0.2) is 10.8 Å². The third kappa shape index (κ3) is 4.15. The first-order chi connectivity index (χ1) is 9.62. The number of hydrogen-bond donors (Lipinski definition) is 3. The summed E-state index contributed by atoms with van der Waals surface area (Å²) >= 11 is 12.3. The van der Waals surface area contributed by atoms with Gasteiger partial charge in [0.2, 0.25) is 0 Å². The van der Waals surface area contributed by atoms with Gasteiger partial charge in [-0.3, -0.25) is 0 Å². The Kier molecular flexibility index (Phi) is 4.62. The summed E-state index contributed by atoms with van der Waals surface area (Å²) in [6.07, 6.45) is 3.39. The predicted octanol–water partition coefficient (Wildman–Crippen LogP) is 4.69. The zero-order chi connectivity index (χ0) is 15.8. The summed E-state index contributed by atoms with van der Waals surface area (Å²) in [5.74, 6) is 6.48. The molecule has 6 heteroatoms. The van der Waals surface area contributed by atoms with Crippen LogP contribution in [0.3, 0.4) is 0 Å². The Hall–Kier alpha value is -0.710. The third-order valence-electron chi connectivity index (χ3n) is 3.96. The average Bonchev–Trinajstić information content (AvgIpc) is 2.28. The van der Waals surface area contributed by atoms with Crippen LogP contribution in [0.25, 0.3) is 0 Å². The first-order valence-electron chi connectivity index (χ1n) is 7.21. The van der Waals surface area contributed by atoms with Gasteiger partial charge in [0.1, 0.15) is 5.82 Å². The van der Waals surface area contributed by atoms with Crippen LogP contribution >= 0.6 is 23.2 Å². The van der Waals surface area contributed by atoms with Gasteiger partial charge in [-0.15, -0.1) is 0 Å². The van der Waals surface area contributed by atoms with Crippen molar-refractivity contribution in [2.24, 2.45) is 16.7 Å². The van der Waals surface area contributed by atoms with Crippen molar-refractivity contribution < 1.29 is 0 Å². The second-order valence-electron chi connectivity index (χ2n) is 7.55. The van der Waals surface area contributed by atoms with E-state index in [-0.39, 0.29) is 0 Å². The molecule has 1 aliphatic carbocycles. The molecule has 0 spiro atoms. The second-order valence-corrected chi connectivity index (χ2v) is 8.36. The van der Waals surface area contributed by atoms with Crippen LogP contribution in [0, 0.1) is 10.8 Å². The number of aromatic nitrogens is 1. The largest absolute Gasteiger partial charge is 0.366 e. The molecule has 118 valence electrons. The van der Waals surface area contributed by atoms with E-state index < -0.39 is 0 Å². The highest BCUT2D eigenvalue weighted by molar-refractivity contribution is 6.37. The van der Waals surface area contributed by atoms with Gasteiger partial charge in [0.25, 0.3) is 0 Å². The molecule has 1 heterocycles. The summed E-state index contributed by atoms with van der Waals surface area (Å²) in [5, 5.41) is 4.39. The first kappa shape index (κ1) is 16.7. The smallest absolute Gasteiger partial charge is 0.161 e. The molecule has 0 aliphatic heterocycles. The van der Waals surface area contributed by atoms with Gasteiger partial charge in [0.15, 0.2) is 5.82 Å². The zero-order valence-corrected chi connectivity index (χ0v) is 14.6. The number of rotatable bonds is 3. The summed E-state index contributed by atoms with van der Waals surface area (Å²) < 4.78 is 0. The van der Waals surface area contributed by atoms with Crippen molar-refractivity contribution >= 4 is 34.8 Å². The molecular weight excluding hydrogens is 307 g/mol. The Bertz CT molecular complexity index is 513. The van der Waals surface area contributed by atoms with E-state index in [2.05, 4.69) is 43.4 Å². The third-order valence-corrected chi connectivity index (χ3v) is 4.54. The standard InChI is InChI=1S/C15H24Cl2N4/c1-14(2)6-9(7-15(3,4)8-14)19-12-10(16)5-11(17)13(20-12)21-18/h5,9H,6-8,18H2,1-4H3,(H2,19,20,21). The molecule has 1 fully saturated rings. The molecule has 4 nitrogen and oxygen atoms in total. The van der Waals surface area contributed by atoms with Gasteiger partial charge >= 0.3 is 0 Å². The van der Waals surface area contributed by atoms with Crippen LogP contribution < -0.4 is 16.6 Å². The minimum absolute atomic E-state index is 0.299. The Labute approximate surface area is 136 Å². The number of hydrogen-bond acceptors (Lipinski definition) is 4. The fourth-order valence-electron chi connectivity index (χ4n) is 3.81. The van der Waals surface area contributed by atoms with E-state index in [0.717, 1.165) is 12.8 Å². The van der Waals surface area contributed by atoms with Gasteiger partial charge in [-0.05, 0) is 36.2 Å². The van der Waals surface area contributed by atoms with E-state index in [1.165, 1.54) is 6.42 Å². The molecular formula is C15H24Cl2N4. The van der Waals surface area contributed by atoms with E-state index >= 15 is 0 Å². The van der Waals surface area contributed by atoms with Gasteiger partial charge < -0.3 is 10.7 Å². The SMILES string of the molecule is CC1(C)CC(Nc2nc(NN)c(Cl)cc2Cl)CC(C)(C)C1. The number of pyridine rings is 1. The van der Waals surface area contributed by atoms with Crippen molar-refractivity contribution in [3.8, 4) is 0 Å². The quantitative estimate of drug-likeness (QED) is 0.555. The molecule has 0 amide bonds. The number of nitrogens with one attached hydrogen (secondary N) is 2. The minimum Gasteiger partial charge on any atom is -0.366 e. The molecule has 0 bridgehead atoms. The minimum atomic E-state index is 0.299. The predicted molar refractivity (Wildman–Crippen MR) is 90.9 cm³/mol. The van der Waals surface area contributed by atoms with E-state index in [4.69, 9.17) is 29.0 Å². The molecule has 0 atom stereocenters. The highest BCUT2D eigenvalue weighted by atomic mass is 35.5. The lowest BCUT2D eigenvalue weighted by Crippen LogP contribution is -2.40. The molecule has 1 aromatic rings. The molecule has 1 aliphatic rings. The van der Waals surface area contributed by atoms with Crippen molar-refractivity contribution in [3.63, 3.8) is 0 Å². The maximum Gasteiger partial charge on any atom is 0.161 e. The number of halogens is 2. The van der Waals surface area contributed by atoms with Crippen LogP contribution in [0.2, 0.25) is 10.0 Å². The Morgan fingerprint density at radius 2 is 1.62 bits per heavy atom. The Balaban J connectivity index is 2.21. The number of hydrazine groups is 1. The number of nitrogen functional groups attached to an aromatic ring is 1. The highest BCUT2D eigenvalue weighted by Crippen LogP contribution is 2.46. The summed E-state index contributed by atoms with van der Waals surface area (Å²) in [4.78, 5) is 4.37. The lowest BCUT2D eigenvalue weighted by Gasteiger charge is -2.45. The molecule has 21 heavy (non-hydrogen) atoms. The van der Waals surface area contributed by atoms with Crippen molar-refractivity contribution in [1.29, 1.82) is 0 Å². The van der Waals surface area contributed by atoms with Crippen LogP contribution in [0.15, 0.2) is 6.07 Å². The van der Waals surface area contributed by atoms with Crippen LogP contribution in [0.5, 0.6) is 0 Å². The van der Waals surface area contributed by atoms with Gasteiger partial charge in [0.05, 0.1) is 10.0 Å². The van der Waals surface area contributed by atoms with Crippen molar-refractivity contribution in [2.75, 3.05) is 10.7 Å². The van der Waals surface area contributed by atoms with Crippen LogP contribution in [-0.4, -0.2) is 11.0 Å². The maximum atomic E-state index is 6.24. The first-order valence-corrected chi connectivity index (χ1v) is 7.97. The van der Waals surface area contributed by atoms with Crippen LogP contribution in [0.1, 0.15) is 47.0 Å². The Morgan fingerprint density at radius 3 is 2.14 bits per heavy atom. The number of anilines is 2. The lowest BCUT2D eigenvalue weighted by atomic mass is 9.63. The van der Waals surface area contributed by atoms with Gasteiger partial charge in [-0.2, -0.15) is 0 Å². The van der Waals surface area contributed by atoms with E-state index in [0.29, 0.717) is 38.6 Å². The van der Waals surface area contributed by atoms with Crippen molar-refractivity contribution in [1.82, 2.24) is 4.98 Å². The molecule has 1 aromatic heterocycles. The summed E-state index contributed by atoms with van der Waals surface area (Å²) in [6.45, 7) is 9.25. The molecule has 1 saturated carbocycles. The fraction of sp³-hybridized carbons (Fsp3) is 0.667. The number of nitrogens with zero attached hydrogens (tertiary/aromatic N) is 1. The second kappa shape index (κ2) is 5.82. The number of nitrogens with two attached hydrogens (primary N) is 1. The molecule has 4 N–H and O–H groups in total. The van der Waals surface area contributed by atoms with Gasteiger partial charge in [-0.1, -0.05) is 50.9 Å². The van der Waals surface area contributed by atoms with Crippen LogP contribution in [-0.2, 0) is 0 Å². The topological polar surface area (TPSA) is 63.0 Å². The van der Waals surface area contributed by atoms with Crippen LogP contribution in [0.4, 0.5) is 11.6 Å².